The fraction of sp³-hybridized carbons (Fsp3) is 0.574. The van der Waals surface area contributed by atoms with Gasteiger partial charge in [-0.15, -0.1) is 0 Å². The predicted molar refractivity (Wildman–Crippen MR) is 235 cm³/mol. The van der Waals surface area contributed by atoms with Crippen molar-refractivity contribution in [1.29, 1.82) is 0 Å². The van der Waals surface area contributed by atoms with Gasteiger partial charge in [-0.05, 0) is 63.6 Å². The topological polar surface area (TPSA) is 200 Å². The maximum Gasteiger partial charge on any atom is 0.508 e. The van der Waals surface area contributed by atoms with Crippen LogP contribution in [0.5, 0.6) is 0 Å². The molecular weight excluding hydrogens is 925 g/mol. The smallest absolute Gasteiger partial charge is 0.456 e. The van der Waals surface area contributed by atoms with Gasteiger partial charge in [0.25, 0.3) is 0 Å². The zero-order valence-corrected chi connectivity index (χ0v) is 40.2. The highest BCUT2D eigenvalue weighted by molar-refractivity contribution is 6.67. The van der Waals surface area contributed by atoms with Crippen LogP contribution in [-0.2, 0) is 57.1 Å². The van der Waals surface area contributed by atoms with Crippen molar-refractivity contribution in [3.8, 4) is 0 Å². The van der Waals surface area contributed by atoms with E-state index in [1.165, 1.54) is 19.1 Å². The summed E-state index contributed by atoms with van der Waals surface area (Å²) in [5.74, 6) is -6.05. The zero-order chi connectivity index (χ0) is 48.5. The first-order chi connectivity index (χ1) is 30.7. The molecule has 19 heteroatoms. The summed E-state index contributed by atoms with van der Waals surface area (Å²) in [5.41, 5.74) is -8.00. The minimum absolute atomic E-state index is 0.0186. The molecule has 2 aromatic rings. The number of rotatable bonds is 9. The van der Waals surface area contributed by atoms with Gasteiger partial charge in [-0.2, -0.15) is 0 Å². The fourth-order valence-corrected chi connectivity index (χ4v) is 11.1. The number of fused-ring (bicyclic) bond motifs is 5. The van der Waals surface area contributed by atoms with Gasteiger partial charge in [0, 0.05) is 32.1 Å². The minimum atomic E-state index is -2.40. The van der Waals surface area contributed by atoms with E-state index in [2.05, 4.69) is 0 Å². The first-order valence-corrected chi connectivity index (χ1v) is 22.6. The molecule has 0 amide bonds. The lowest BCUT2D eigenvalue weighted by molar-refractivity contribution is -0.346. The highest BCUT2D eigenvalue weighted by Crippen LogP contribution is 2.65. The number of likely N-dealkylation sites (N-methyl/N-ethyl adjacent to an activating group) is 1. The molecular formula is C47H54Cl3NO15. The number of ether oxygens (including phenoxy) is 8. The summed E-state index contributed by atoms with van der Waals surface area (Å²) in [6.45, 7) is 10.9. The Hall–Kier alpha value is -4.29. The maximum atomic E-state index is 16.0. The third kappa shape index (κ3) is 8.49. The average Bonchev–Trinajstić information content (AvgIpc) is 3.48. The van der Waals surface area contributed by atoms with Crippen LogP contribution in [0.2, 0.25) is 0 Å². The molecule has 66 heavy (non-hydrogen) atoms. The van der Waals surface area contributed by atoms with Crippen molar-refractivity contribution in [3.63, 3.8) is 0 Å². The molecule has 11 atom stereocenters. The molecule has 1 N–H and O–H groups in total. The molecule has 2 saturated heterocycles. The van der Waals surface area contributed by atoms with Crippen LogP contribution in [0, 0.1) is 16.7 Å². The third-order valence-corrected chi connectivity index (χ3v) is 14.7. The second kappa shape index (κ2) is 17.7. The summed E-state index contributed by atoms with van der Waals surface area (Å²) in [6.07, 6.45) is -11.2. The van der Waals surface area contributed by atoms with Gasteiger partial charge in [0.05, 0.1) is 29.5 Å². The van der Waals surface area contributed by atoms with Gasteiger partial charge in [-0.25, -0.2) is 14.4 Å². The molecule has 2 aliphatic heterocycles. The predicted octanol–water partition coefficient (Wildman–Crippen LogP) is 6.54. The van der Waals surface area contributed by atoms with Crippen LogP contribution in [0.3, 0.4) is 0 Å². The number of aliphatic hydroxyl groups is 1. The van der Waals surface area contributed by atoms with Crippen LogP contribution < -0.4 is 0 Å². The number of carbonyl (C=O) groups excluding carboxylic acids is 6. The van der Waals surface area contributed by atoms with E-state index in [4.69, 9.17) is 72.7 Å². The van der Waals surface area contributed by atoms with Crippen LogP contribution in [0.4, 0.5) is 4.79 Å². The number of carbonyl (C=O) groups is 6. The molecule has 5 aliphatic rings. The van der Waals surface area contributed by atoms with Crippen molar-refractivity contribution in [2.75, 3.05) is 20.3 Å². The number of esters is 4. The van der Waals surface area contributed by atoms with Crippen molar-refractivity contribution in [2.24, 2.45) is 16.7 Å². The first kappa shape index (κ1) is 49.6. The molecule has 0 radical (unpaired) electrons. The highest BCUT2D eigenvalue weighted by Gasteiger charge is 2.79. The lowest BCUT2D eigenvalue weighted by Crippen LogP contribution is -2.82. The number of halogens is 3. The van der Waals surface area contributed by atoms with Crippen LogP contribution in [-0.4, -0.2) is 123 Å². The minimum Gasteiger partial charge on any atom is -0.456 e. The quantitative estimate of drug-likeness (QED) is 0.123. The summed E-state index contributed by atoms with van der Waals surface area (Å²) in [7, 11) is 1.82. The number of hydrogen-bond acceptors (Lipinski definition) is 16. The van der Waals surface area contributed by atoms with E-state index in [1.807, 2.05) is 56.1 Å². The Bertz CT molecular complexity index is 2300. The molecule has 8 unspecified atom stereocenters. The van der Waals surface area contributed by atoms with Gasteiger partial charge in [0.15, 0.2) is 23.6 Å². The van der Waals surface area contributed by atoms with E-state index in [0.29, 0.717) is 0 Å². The Morgan fingerprint density at radius 2 is 1.50 bits per heavy atom. The second-order valence-electron chi connectivity index (χ2n) is 18.9. The van der Waals surface area contributed by atoms with Crippen LogP contribution in [0.1, 0.15) is 90.2 Å². The van der Waals surface area contributed by atoms with Gasteiger partial charge in [0.2, 0.25) is 3.79 Å². The number of nitrogens with zero attached hydrogens (tertiary/aromatic N) is 1. The van der Waals surface area contributed by atoms with E-state index in [0.717, 1.165) is 19.4 Å². The van der Waals surface area contributed by atoms with Crippen LogP contribution >= 0.6 is 34.8 Å². The SMILES string of the molecule is CC(=O)OC1C(=O)[C@]2(C)C(OC(=O)OCC(Cl)(Cl)Cl)CC3OC[C@@]3(OC(C)=O)C2C(OC(=O)c2ccccc2)C2(O)CC(OC(=O)[C@@H]3OC(C)(C)N(C)C3c3ccccc3)C(C)=C1C2(C)C. The van der Waals surface area contributed by atoms with Crippen LogP contribution in [0.15, 0.2) is 71.8 Å². The molecule has 2 saturated carbocycles. The summed E-state index contributed by atoms with van der Waals surface area (Å²) in [4.78, 5) is 87.2. The van der Waals surface area contributed by atoms with E-state index in [9.17, 15) is 29.1 Å². The molecule has 0 aromatic heterocycles. The summed E-state index contributed by atoms with van der Waals surface area (Å²) in [6, 6.07) is 16.5. The molecule has 0 spiro atoms. The molecule has 16 nitrogen and oxygen atoms in total. The Labute approximate surface area is 397 Å². The fourth-order valence-electron chi connectivity index (χ4n) is 10.9. The first-order valence-electron chi connectivity index (χ1n) is 21.5. The van der Waals surface area contributed by atoms with Crippen molar-refractivity contribution in [1.82, 2.24) is 4.90 Å². The Kier molecular flexibility index (Phi) is 13.3. The Balaban J connectivity index is 1.45. The van der Waals surface area contributed by atoms with Gasteiger partial charge < -0.3 is 43.0 Å². The van der Waals surface area contributed by atoms with Crippen molar-refractivity contribution < 1.29 is 71.8 Å². The molecule has 358 valence electrons. The number of alkyl halides is 3. The average molecular weight is 979 g/mol. The summed E-state index contributed by atoms with van der Waals surface area (Å²) in [5, 5.41) is 14.0. The van der Waals surface area contributed by atoms with Crippen LogP contribution in [0.25, 0.3) is 0 Å². The molecule has 4 fully saturated rings. The van der Waals surface area contributed by atoms with Gasteiger partial charge in [-0.1, -0.05) is 97.2 Å². The lowest BCUT2D eigenvalue weighted by atomic mass is 9.44. The summed E-state index contributed by atoms with van der Waals surface area (Å²) < 4.78 is 46.5. The molecule has 2 heterocycles. The normalized spacial score (nSPS) is 34.5. The Morgan fingerprint density at radius 1 is 0.879 bits per heavy atom. The van der Waals surface area contributed by atoms with Crippen molar-refractivity contribution in [3.05, 3.63) is 82.9 Å². The number of hydrogen-bond donors (Lipinski definition) is 1. The van der Waals surface area contributed by atoms with E-state index in [-0.39, 0.29) is 29.7 Å². The number of benzene rings is 2. The molecule has 2 aromatic carbocycles. The number of ketones is 1. The van der Waals surface area contributed by atoms with Gasteiger partial charge >= 0.3 is 30.0 Å². The number of Topliss-reactive ketones (excluding diaryl/α,β-unsaturated/α-hetero) is 1. The van der Waals surface area contributed by atoms with Gasteiger partial charge in [0.1, 0.15) is 42.3 Å². The lowest BCUT2D eigenvalue weighted by Gasteiger charge is -2.67. The molecule has 7 rings (SSSR count). The highest BCUT2D eigenvalue weighted by atomic mass is 35.6. The summed E-state index contributed by atoms with van der Waals surface area (Å²) >= 11 is 17.6. The van der Waals surface area contributed by atoms with E-state index >= 15 is 4.79 Å². The molecule has 3 aliphatic carbocycles. The standard InChI is InChI=1S/C47H54Cl3NO15/c1-24-29(62-40(56)35-33(27-16-12-10-13-17-27)51(9)43(6,7)66-35)21-46(58)38(64-39(55)28-18-14-11-15-19-28)36-44(8,37(54)34(61-25(2)52)32(24)42(46,4)5)30(63-41(57)60-23-47(48,49)50)20-31-45(36,22-59-31)65-26(3)53/h10-19,29-31,33-36,38,58H,20-23H2,1-9H3/t29?,30?,31?,33?,34?,35-,36?,38?,44-,45+,46?/m1/s1. The Morgan fingerprint density at radius 3 is 2.06 bits per heavy atom. The zero-order valence-electron chi connectivity index (χ0n) is 38.0. The van der Waals surface area contributed by atoms with E-state index < -0.39 is 129 Å². The maximum absolute atomic E-state index is 16.0. The largest absolute Gasteiger partial charge is 0.508 e. The van der Waals surface area contributed by atoms with E-state index in [1.54, 1.807) is 39.0 Å². The molecule has 2 bridgehead atoms. The monoisotopic (exact) mass is 977 g/mol. The van der Waals surface area contributed by atoms with Crippen molar-refractivity contribution in [2.45, 2.75) is 132 Å². The van der Waals surface area contributed by atoms with Crippen molar-refractivity contribution >= 4 is 70.6 Å². The third-order valence-electron chi connectivity index (χ3n) is 14.3. The van der Waals surface area contributed by atoms with Gasteiger partial charge in [-0.3, -0.25) is 19.3 Å². The second-order valence-corrected chi connectivity index (χ2v) is 21.4.